The van der Waals surface area contributed by atoms with Crippen molar-refractivity contribution in [3.63, 3.8) is 0 Å². The summed E-state index contributed by atoms with van der Waals surface area (Å²) in [5.41, 5.74) is 1.33. The van der Waals surface area contributed by atoms with Crippen LogP contribution in [0.15, 0.2) is 35.7 Å². The zero-order valence-electron chi connectivity index (χ0n) is 10.9. The number of hydrogen-bond acceptors (Lipinski definition) is 5. The van der Waals surface area contributed by atoms with Gasteiger partial charge >= 0.3 is 5.97 Å². The van der Waals surface area contributed by atoms with Gasteiger partial charge < -0.3 is 9.30 Å². The van der Waals surface area contributed by atoms with Crippen LogP contribution in [-0.4, -0.2) is 33.4 Å². The van der Waals surface area contributed by atoms with Crippen LogP contribution in [0.4, 0.5) is 0 Å². The van der Waals surface area contributed by atoms with Crippen molar-refractivity contribution in [3.05, 3.63) is 42.0 Å². The maximum Gasteiger partial charge on any atom is 0.356 e. The number of pyridine rings is 1. The quantitative estimate of drug-likeness (QED) is 0.619. The number of carbonyl (C=O) groups is 1. The fourth-order valence-electron chi connectivity index (χ4n) is 1.70. The number of rotatable bonds is 5. The smallest absolute Gasteiger partial charge is 0.356 e. The van der Waals surface area contributed by atoms with Crippen LogP contribution in [0, 0.1) is 0 Å². The van der Waals surface area contributed by atoms with Crippen molar-refractivity contribution < 1.29 is 9.53 Å². The van der Waals surface area contributed by atoms with Crippen LogP contribution < -0.4 is 0 Å². The van der Waals surface area contributed by atoms with Crippen molar-refractivity contribution >= 4 is 17.7 Å². The molecule has 0 saturated heterocycles. The van der Waals surface area contributed by atoms with E-state index in [1.165, 1.54) is 11.8 Å². The third kappa shape index (κ3) is 3.14. The molecule has 0 N–H and O–H groups in total. The monoisotopic (exact) mass is 277 g/mol. The van der Waals surface area contributed by atoms with E-state index in [1.54, 1.807) is 19.3 Å². The topological polar surface area (TPSA) is 57.0 Å². The van der Waals surface area contributed by atoms with Crippen molar-refractivity contribution in [3.8, 4) is 0 Å². The number of aromatic nitrogens is 3. The minimum Gasteiger partial charge on any atom is -0.461 e. The summed E-state index contributed by atoms with van der Waals surface area (Å²) in [5.74, 6) is -0.355. The van der Waals surface area contributed by atoms with Crippen LogP contribution >= 0.6 is 11.8 Å². The van der Waals surface area contributed by atoms with Crippen molar-refractivity contribution in [1.82, 2.24) is 14.5 Å². The summed E-state index contributed by atoms with van der Waals surface area (Å²) in [6.07, 6.45) is 5.20. The molecule has 2 heterocycles. The first-order valence-electron chi connectivity index (χ1n) is 5.92. The van der Waals surface area contributed by atoms with Crippen LogP contribution in [-0.2, 0) is 11.3 Å². The van der Waals surface area contributed by atoms with Crippen molar-refractivity contribution in [2.45, 2.75) is 18.6 Å². The Hall–Kier alpha value is -1.82. The predicted octanol–water partition coefficient (Wildman–Crippen LogP) is 2.23. The van der Waals surface area contributed by atoms with E-state index in [-0.39, 0.29) is 5.97 Å². The van der Waals surface area contributed by atoms with Crippen LogP contribution in [0.2, 0.25) is 0 Å². The number of thioether (sulfide) groups is 1. The third-order valence-electron chi connectivity index (χ3n) is 2.53. The van der Waals surface area contributed by atoms with Gasteiger partial charge in [-0.05, 0) is 25.3 Å². The fraction of sp³-hybridized carbons (Fsp3) is 0.308. The molecule has 2 rings (SSSR count). The molecule has 5 nitrogen and oxygen atoms in total. The number of nitrogens with zero attached hydrogens (tertiary/aromatic N) is 3. The molecule has 0 bridgehead atoms. The summed E-state index contributed by atoms with van der Waals surface area (Å²) in [5, 5.41) is 0.772. The van der Waals surface area contributed by atoms with Crippen molar-refractivity contribution in [2.75, 3.05) is 12.9 Å². The van der Waals surface area contributed by atoms with Crippen LogP contribution in [0.1, 0.15) is 23.1 Å². The largest absolute Gasteiger partial charge is 0.461 e. The van der Waals surface area contributed by atoms with Crippen molar-refractivity contribution in [1.29, 1.82) is 0 Å². The lowest BCUT2D eigenvalue weighted by atomic mass is 10.3. The summed E-state index contributed by atoms with van der Waals surface area (Å²) < 4.78 is 6.86. The van der Waals surface area contributed by atoms with E-state index in [2.05, 4.69) is 9.97 Å². The number of ether oxygens (including phenoxy) is 1. The standard InChI is InChI=1S/C13H15N3O2S/c1-3-18-12(17)11-8-15-13(19-2)16(11)9-10-6-4-5-7-14-10/h4-8H,3,9H2,1-2H3. The molecular weight excluding hydrogens is 262 g/mol. The van der Waals surface area contributed by atoms with E-state index in [4.69, 9.17) is 4.74 Å². The van der Waals surface area contributed by atoms with Gasteiger partial charge in [0.2, 0.25) is 0 Å². The average Bonchev–Trinajstić information content (AvgIpc) is 2.83. The van der Waals surface area contributed by atoms with E-state index in [9.17, 15) is 4.79 Å². The van der Waals surface area contributed by atoms with Crippen molar-refractivity contribution in [2.24, 2.45) is 0 Å². The van der Waals surface area contributed by atoms with E-state index in [0.717, 1.165) is 10.9 Å². The number of imidazole rings is 1. The first kappa shape index (κ1) is 13.6. The Morgan fingerprint density at radius 2 is 2.26 bits per heavy atom. The van der Waals surface area contributed by atoms with E-state index >= 15 is 0 Å². The van der Waals surface area contributed by atoms with Gasteiger partial charge in [-0.2, -0.15) is 0 Å². The Labute approximate surface area is 116 Å². The Kier molecular flexibility index (Phi) is 4.57. The highest BCUT2D eigenvalue weighted by Crippen LogP contribution is 2.18. The molecule has 100 valence electrons. The second kappa shape index (κ2) is 6.38. The molecule has 0 unspecified atom stereocenters. The van der Waals surface area contributed by atoms with Gasteiger partial charge in [0.15, 0.2) is 5.16 Å². The molecule has 2 aromatic heterocycles. The Morgan fingerprint density at radius 3 is 2.89 bits per heavy atom. The summed E-state index contributed by atoms with van der Waals surface area (Å²) >= 11 is 1.49. The maximum atomic E-state index is 11.9. The van der Waals surface area contributed by atoms with Gasteiger partial charge in [0.1, 0.15) is 5.69 Å². The molecule has 0 atom stereocenters. The minimum absolute atomic E-state index is 0.349. The van der Waals surface area contributed by atoms with E-state index in [1.807, 2.05) is 29.0 Å². The fourth-order valence-corrected chi connectivity index (χ4v) is 2.24. The lowest BCUT2D eigenvalue weighted by Crippen LogP contribution is -2.14. The zero-order valence-corrected chi connectivity index (χ0v) is 11.7. The second-order valence-electron chi connectivity index (χ2n) is 3.76. The molecule has 0 amide bonds. The molecule has 6 heteroatoms. The number of carbonyl (C=O) groups excluding carboxylic acids is 1. The molecule has 2 aromatic rings. The molecular formula is C13H15N3O2S. The summed E-state index contributed by atoms with van der Waals surface area (Å²) in [7, 11) is 0. The van der Waals surface area contributed by atoms with E-state index < -0.39 is 0 Å². The highest BCUT2D eigenvalue weighted by atomic mass is 32.2. The minimum atomic E-state index is -0.355. The summed E-state index contributed by atoms with van der Waals surface area (Å²) in [6.45, 7) is 2.64. The molecule has 0 saturated carbocycles. The maximum absolute atomic E-state index is 11.9. The summed E-state index contributed by atoms with van der Waals surface area (Å²) in [4.78, 5) is 20.4. The molecule has 0 aliphatic rings. The second-order valence-corrected chi connectivity index (χ2v) is 4.53. The van der Waals surface area contributed by atoms with Gasteiger partial charge in [0, 0.05) is 6.20 Å². The first-order valence-corrected chi connectivity index (χ1v) is 7.15. The molecule has 0 aliphatic carbocycles. The molecule has 0 aromatic carbocycles. The SMILES string of the molecule is CCOC(=O)c1cnc(SC)n1Cc1ccccn1. The average molecular weight is 277 g/mol. The Balaban J connectivity index is 2.31. The highest BCUT2D eigenvalue weighted by Gasteiger charge is 2.17. The van der Waals surface area contributed by atoms with Crippen LogP contribution in [0.3, 0.4) is 0 Å². The molecule has 0 aliphatic heterocycles. The van der Waals surface area contributed by atoms with Gasteiger partial charge in [-0.25, -0.2) is 9.78 Å². The van der Waals surface area contributed by atoms with Crippen LogP contribution in [0.25, 0.3) is 0 Å². The zero-order chi connectivity index (χ0) is 13.7. The Morgan fingerprint density at radius 1 is 1.42 bits per heavy atom. The summed E-state index contributed by atoms with van der Waals surface area (Å²) in [6, 6.07) is 5.69. The molecule has 0 spiro atoms. The van der Waals surface area contributed by atoms with E-state index in [0.29, 0.717) is 18.8 Å². The normalized spacial score (nSPS) is 10.4. The molecule has 19 heavy (non-hydrogen) atoms. The molecule has 0 radical (unpaired) electrons. The number of esters is 1. The van der Waals surface area contributed by atoms with Crippen LogP contribution in [0.5, 0.6) is 0 Å². The number of hydrogen-bond donors (Lipinski definition) is 0. The lowest BCUT2D eigenvalue weighted by molar-refractivity contribution is 0.0513. The van der Waals surface area contributed by atoms with Gasteiger partial charge in [0.05, 0.1) is 25.0 Å². The van der Waals surface area contributed by atoms with Gasteiger partial charge in [0.25, 0.3) is 0 Å². The third-order valence-corrected chi connectivity index (χ3v) is 3.22. The molecule has 0 fully saturated rings. The Bertz CT molecular complexity index is 554. The lowest BCUT2D eigenvalue weighted by Gasteiger charge is -2.09. The van der Waals surface area contributed by atoms with Gasteiger partial charge in [-0.15, -0.1) is 0 Å². The highest BCUT2D eigenvalue weighted by molar-refractivity contribution is 7.98. The van der Waals surface area contributed by atoms with Gasteiger partial charge in [-0.3, -0.25) is 4.98 Å². The predicted molar refractivity (Wildman–Crippen MR) is 73.3 cm³/mol. The van der Waals surface area contributed by atoms with Gasteiger partial charge in [-0.1, -0.05) is 17.8 Å². The first-order chi connectivity index (χ1) is 9.26.